The summed E-state index contributed by atoms with van der Waals surface area (Å²) in [5.41, 5.74) is 3.75. The fourth-order valence-corrected chi connectivity index (χ4v) is 4.33. The quantitative estimate of drug-likeness (QED) is 0.632. The summed E-state index contributed by atoms with van der Waals surface area (Å²) < 4.78 is 12.6. The second-order valence-corrected chi connectivity index (χ2v) is 8.69. The minimum atomic E-state index is -1.10. The van der Waals surface area contributed by atoms with Crippen LogP contribution in [0.4, 0.5) is 0 Å². The Balaban J connectivity index is 1.92. The number of nitrogens with zero attached hydrogens (tertiary/aromatic N) is 2. The molecule has 0 fully saturated rings. The zero-order chi connectivity index (χ0) is 16.7. The van der Waals surface area contributed by atoms with Crippen molar-refractivity contribution in [2.24, 2.45) is 4.99 Å². The first kappa shape index (κ1) is 15.4. The van der Waals surface area contributed by atoms with E-state index < -0.39 is 11.2 Å². The molecule has 0 spiro atoms. The van der Waals surface area contributed by atoms with Crippen LogP contribution in [0.2, 0.25) is 0 Å². The lowest BCUT2D eigenvalue weighted by Gasteiger charge is -2.25. The van der Waals surface area contributed by atoms with Crippen LogP contribution in [0.25, 0.3) is 10.9 Å². The molecule has 1 aliphatic heterocycles. The summed E-state index contributed by atoms with van der Waals surface area (Å²) in [5.74, 6) is 0. The molecule has 3 nitrogen and oxygen atoms in total. The van der Waals surface area contributed by atoms with Gasteiger partial charge in [-0.1, -0.05) is 30.3 Å². The molecule has 0 N–H and O–H groups in total. The zero-order valence-corrected chi connectivity index (χ0v) is 14.5. The van der Waals surface area contributed by atoms with Gasteiger partial charge in [0.05, 0.1) is 23.3 Å². The lowest BCUT2D eigenvalue weighted by molar-refractivity contribution is 0.550. The van der Waals surface area contributed by atoms with E-state index in [0.717, 1.165) is 32.6 Å². The molecule has 120 valence electrons. The Morgan fingerprint density at radius 2 is 1.79 bits per heavy atom. The monoisotopic (exact) mass is 334 g/mol. The van der Waals surface area contributed by atoms with E-state index in [1.807, 2.05) is 62.5 Å². The van der Waals surface area contributed by atoms with Gasteiger partial charge in [-0.3, -0.25) is 9.98 Å². The summed E-state index contributed by atoms with van der Waals surface area (Å²) >= 11 is -1.10. The Hall–Kier alpha value is -2.17. The van der Waals surface area contributed by atoms with E-state index in [4.69, 9.17) is 4.99 Å². The van der Waals surface area contributed by atoms with Crippen molar-refractivity contribution < 1.29 is 4.55 Å². The molecule has 1 atom stereocenters. The Bertz CT molecular complexity index is 949. The average Bonchev–Trinajstić information content (AvgIpc) is 2.70. The molecular formula is C20H18N2OS. The molecule has 4 heteroatoms. The largest absolute Gasteiger partial charge is 0.611 e. The average molecular weight is 334 g/mol. The normalized spacial score (nSPS) is 19.5. The highest BCUT2D eigenvalue weighted by molar-refractivity contribution is 7.93. The summed E-state index contributed by atoms with van der Waals surface area (Å²) in [6.07, 6.45) is 1.86. The molecule has 0 saturated carbocycles. The molecule has 0 amide bonds. The van der Waals surface area contributed by atoms with Crippen molar-refractivity contribution >= 4 is 27.8 Å². The number of aromatic nitrogens is 1. The van der Waals surface area contributed by atoms with Crippen LogP contribution in [-0.2, 0) is 11.2 Å². The molecule has 3 aromatic rings. The van der Waals surface area contributed by atoms with Crippen LogP contribution in [-0.4, -0.2) is 26.5 Å². The van der Waals surface area contributed by atoms with Gasteiger partial charge in [0.15, 0.2) is 4.90 Å². The fourth-order valence-electron chi connectivity index (χ4n) is 2.98. The molecule has 2 heterocycles. The topological polar surface area (TPSA) is 48.3 Å². The summed E-state index contributed by atoms with van der Waals surface area (Å²) in [6.45, 7) is 4.53. The van der Waals surface area contributed by atoms with Gasteiger partial charge in [0.1, 0.15) is 4.75 Å². The zero-order valence-electron chi connectivity index (χ0n) is 13.7. The Labute approximate surface area is 144 Å². The van der Waals surface area contributed by atoms with Crippen molar-refractivity contribution in [3.8, 4) is 0 Å². The first-order valence-corrected chi connectivity index (χ1v) is 9.12. The maximum atomic E-state index is 13.0. The van der Waals surface area contributed by atoms with Gasteiger partial charge in [-0.2, -0.15) is 0 Å². The highest BCUT2D eigenvalue weighted by Gasteiger charge is 2.38. The number of fused-ring (bicyclic) bond motifs is 2. The second-order valence-electron chi connectivity index (χ2n) is 6.61. The minimum absolute atomic E-state index is 0.387. The van der Waals surface area contributed by atoms with Crippen molar-refractivity contribution in [3.05, 3.63) is 71.9 Å². The third-order valence-corrected chi connectivity index (χ3v) is 6.21. The van der Waals surface area contributed by atoms with E-state index in [-0.39, 0.29) is 4.75 Å². The Morgan fingerprint density at radius 3 is 2.67 bits per heavy atom. The van der Waals surface area contributed by atoms with Gasteiger partial charge < -0.3 is 4.55 Å². The van der Waals surface area contributed by atoms with E-state index in [9.17, 15) is 4.55 Å². The second kappa shape index (κ2) is 5.72. The van der Waals surface area contributed by atoms with Crippen LogP contribution in [0.3, 0.4) is 0 Å². The molecule has 2 aromatic carbocycles. The number of hydrogen-bond donors (Lipinski definition) is 0. The van der Waals surface area contributed by atoms with E-state index in [1.54, 1.807) is 0 Å². The highest BCUT2D eigenvalue weighted by atomic mass is 32.2. The molecule has 0 bridgehead atoms. The summed E-state index contributed by atoms with van der Waals surface area (Å²) in [5, 5.41) is 1.08. The maximum absolute atomic E-state index is 13.0. The predicted octanol–water partition coefficient (Wildman–Crippen LogP) is 3.97. The van der Waals surface area contributed by atoms with Crippen LogP contribution in [0.1, 0.15) is 25.0 Å². The van der Waals surface area contributed by atoms with Gasteiger partial charge in [-0.05, 0) is 49.3 Å². The lowest BCUT2D eigenvalue weighted by Crippen LogP contribution is -2.34. The Morgan fingerprint density at radius 1 is 1.04 bits per heavy atom. The van der Waals surface area contributed by atoms with E-state index in [1.165, 1.54) is 0 Å². The lowest BCUT2D eigenvalue weighted by atomic mass is 10.0. The number of benzene rings is 2. The number of hydrogen-bond acceptors (Lipinski definition) is 3. The molecule has 0 aliphatic carbocycles. The van der Waals surface area contributed by atoms with Crippen molar-refractivity contribution in [1.82, 2.24) is 4.98 Å². The number of pyridine rings is 1. The first-order chi connectivity index (χ1) is 11.6. The molecule has 1 aromatic heterocycles. The molecule has 1 aliphatic rings. The summed E-state index contributed by atoms with van der Waals surface area (Å²) in [6, 6.07) is 18.0. The van der Waals surface area contributed by atoms with Crippen molar-refractivity contribution in [2.45, 2.75) is 23.5 Å². The van der Waals surface area contributed by atoms with Gasteiger partial charge in [0.25, 0.3) is 0 Å². The summed E-state index contributed by atoms with van der Waals surface area (Å²) in [7, 11) is 0. The third-order valence-electron chi connectivity index (χ3n) is 4.33. The molecule has 1 unspecified atom stereocenters. The standard InChI is InChI=1S/C20H18N2OS/c1-20(2)13-22-19(16-8-4-6-10-18(16)24(20)23)15-11-14-7-3-5-9-17(14)21-12-15/h3-12H,13H2,1-2H3. The van der Waals surface area contributed by atoms with Crippen LogP contribution < -0.4 is 0 Å². The van der Waals surface area contributed by atoms with Crippen molar-refractivity contribution in [3.63, 3.8) is 0 Å². The summed E-state index contributed by atoms with van der Waals surface area (Å²) in [4.78, 5) is 10.2. The third kappa shape index (κ3) is 2.52. The van der Waals surface area contributed by atoms with Crippen molar-refractivity contribution in [2.75, 3.05) is 6.54 Å². The van der Waals surface area contributed by atoms with E-state index >= 15 is 0 Å². The van der Waals surface area contributed by atoms with E-state index in [2.05, 4.69) is 17.1 Å². The van der Waals surface area contributed by atoms with Crippen LogP contribution >= 0.6 is 0 Å². The fraction of sp³-hybridized carbons (Fsp3) is 0.200. The highest BCUT2D eigenvalue weighted by Crippen LogP contribution is 2.33. The smallest absolute Gasteiger partial charge is 0.162 e. The minimum Gasteiger partial charge on any atom is -0.611 e. The maximum Gasteiger partial charge on any atom is 0.162 e. The number of aliphatic imine (C=N–C) groups is 1. The van der Waals surface area contributed by atoms with E-state index in [0.29, 0.717) is 6.54 Å². The van der Waals surface area contributed by atoms with Gasteiger partial charge >= 0.3 is 0 Å². The predicted molar refractivity (Wildman–Crippen MR) is 99.2 cm³/mol. The van der Waals surface area contributed by atoms with Crippen LogP contribution in [0.5, 0.6) is 0 Å². The number of rotatable bonds is 1. The Kier molecular flexibility index (Phi) is 3.66. The molecule has 4 rings (SSSR count). The molecular weight excluding hydrogens is 316 g/mol. The van der Waals surface area contributed by atoms with Gasteiger partial charge in [-0.15, -0.1) is 0 Å². The van der Waals surface area contributed by atoms with Crippen LogP contribution in [0.15, 0.2) is 70.7 Å². The first-order valence-electron chi connectivity index (χ1n) is 7.97. The van der Waals surface area contributed by atoms with Crippen LogP contribution in [0, 0.1) is 0 Å². The van der Waals surface area contributed by atoms with Gasteiger partial charge in [0.2, 0.25) is 0 Å². The number of para-hydroxylation sites is 1. The molecule has 0 saturated heterocycles. The van der Waals surface area contributed by atoms with Gasteiger partial charge in [-0.25, -0.2) is 0 Å². The molecule has 24 heavy (non-hydrogen) atoms. The molecule has 0 radical (unpaired) electrons. The van der Waals surface area contributed by atoms with Gasteiger partial charge in [0, 0.05) is 17.1 Å². The van der Waals surface area contributed by atoms with Crippen molar-refractivity contribution in [1.29, 1.82) is 0 Å². The SMILES string of the molecule is CC1(C)CN=C(c2cnc3ccccc3c2)c2ccccc2[S+]1[O-].